The van der Waals surface area contributed by atoms with E-state index in [1.54, 1.807) is 19.1 Å². The average Bonchev–Trinajstić information content (AvgIpc) is 2.86. The van der Waals surface area contributed by atoms with E-state index in [0.29, 0.717) is 22.3 Å². The third-order valence-corrected chi connectivity index (χ3v) is 3.58. The molecule has 0 saturated heterocycles. The molecule has 0 aliphatic carbocycles. The number of rotatable bonds is 2. The molecule has 0 spiro atoms. The van der Waals surface area contributed by atoms with E-state index in [2.05, 4.69) is 15.3 Å². The van der Waals surface area contributed by atoms with E-state index in [1.165, 1.54) is 0 Å². The third kappa shape index (κ3) is 3.03. The van der Waals surface area contributed by atoms with Gasteiger partial charge in [0.15, 0.2) is 0 Å². The number of carbonyl (C=O) groups excluding carboxylic acids is 1. The van der Waals surface area contributed by atoms with Gasteiger partial charge in [-0.25, -0.2) is 4.79 Å². The first kappa shape index (κ1) is 15.9. The summed E-state index contributed by atoms with van der Waals surface area (Å²) < 4.78 is 37.6. The van der Waals surface area contributed by atoms with Crippen molar-refractivity contribution in [2.45, 2.75) is 13.1 Å². The third-order valence-electron chi connectivity index (χ3n) is 3.58. The van der Waals surface area contributed by atoms with Crippen LogP contribution in [-0.2, 0) is 6.18 Å². The molecular formula is C16H12F3N3O2. The normalized spacial score (nSPS) is 11.7. The lowest BCUT2D eigenvalue weighted by Crippen LogP contribution is -2.13. The van der Waals surface area contributed by atoms with E-state index >= 15 is 0 Å². The molecule has 5 nitrogen and oxygen atoms in total. The van der Waals surface area contributed by atoms with Gasteiger partial charge >= 0.3 is 11.9 Å². The number of anilines is 1. The average molecular weight is 335 g/mol. The van der Waals surface area contributed by atoms with Crippen molar-refractivity contribution in [1.29, 1.82) is 0 Å². The molecular weight excluding hydrogens is 323 g/mol. The molecule has 0 radical (unpaired) electrons. The number of imidazole rings is 1. The van der Waals surface area contributed by atoms with Crippen molar-refractivity contribution < 1.29 is 18.0 Å². The summed E-state index contributed by atoms with van der Waals surface area (Å²) >= 11 is 0. The maximum absolute atomic E-state index is 12.5. The second-order valence-electron chi connectivity index (χ2n) is 5.32. The Labute approximate surface area is 133 Å². The van der Waals surface area contributed by atoms with Crippen LogP contribution in [0.4, 0.5) is 18.9 Å². The Morgan fingerprint density at radius 1 is 1.04 bits per heavy atom. The molecule has 0 atom stereocenters. The monoisotopic (exact) mass is 335 g/mol. The van der Waals surface area contributed by atoms with Crippen LogP contribution < -0.4 is 11.0 Å². The highest BCUT2D eigenvalue weighted by molar-refractivity contribution is 6.05. The van der Waals surface area contributed by atoms with Gasteiger partial charge in [-0.15, -0.1) is 0 Å². The molecule has 0 saturated carbocycles. The van der Waals surface area contributed by atoms with Crippen LogP contribution >= 0.6 is 0 Å². The van der Waals surface area contributed by atoms with Crippen LogP contribution in [-0.4, -0.2) is 15.9 Å². The summed E-state index contributed by atoms with van der Waals surface area (Å²) in [5.41, 5.74) is 1.21. The Bertz CT molecular complexity index is 969. The van der Waals surface area contributed by atoms with Gasteiger partial charge in [0.1, 0.15) is 0 Å². The molecule has 0 bridgehead atoms. The zero-order chi connectivity index (χ0) is 17.5. The molecule has 1 aromatic heterocycles. The van der Waals surface area contributed by atoms with Crippen molar-refractivity contribution in [3.63, 3.8) is 0 Å². The highest BCUT2D eigenvalue weighted by atomic mass is 19.4. The SMILES string of the molecule is Cc1cc2[nH]c(=O)[nH]c2cc1NC(=O)c1ccc(C(F)(F)F)cc1. The summed E-state index contributed by atoms with van der Waals surface area (Å²) in [5.74, 6) is -0.538. The number of nitrogens with one attached hydrogen (secondary N) is 3. The Balaban J connectivity index is 1.86. The molecule has 124 valence electrons. The van der Waals surface area contributed by atoms with Gasteiger partial charge < -0.3 is 15.3 Å². The number of carbonyl (C=O) groups is 1. The minimum atomic E-state index is -4.45. The molecule has 0 aliphatic heterocycles. The summed E-state index contributed by atoms with van der Waals surface area (Å²) in [5, 5.41) is 2.63. The summed E-state index contributed by atoms with van der Waals surface area (Å²) in [6.45, 7) is 1.74. The Morgan fingerprint density at radius 3 is 2.21 bits per heavy atom. The fraction of sp³-hybridized carbons (Fsp3) is 0.125. The highest BCUT2D eigenvalue weighted by Gasteiger charge is 2.30. The summed E-state index contributed by atoms with van der Waals surface area (Å²) in [7, 11) is 0. The van der Waals surface area contributed by atoms with Gasteiger partial charge in [0, 0.05) is 11.3 Å². The Kier molecular flexibility index (Phi) is 3.67. The number of halogens is 3. The predicted octanol–water partition coefficient (Wildman–Crippen LogP) is 3.44. The minimum absolute atomic E-state index is 0.102. The van der Waals surface area contributed by atoms with Crippen molar-refractivity contribution in [1.82, 2.24) is 9.97 Å². The summed E-state index contributed by atoms with van der Waals surface area (Å²) in [6.07, 6.45) is -4.45. The van der Waals surface area contributed by atoms with Gasteiger partial charge in [-0.1, -0.05) is 0 Å². The van der Waals surface area contributed by atoms with Crippen LogP contribution in [0.2, 0.25) is 0 Å². The zero-order valence-corrected chi connectivity index (χ0v) is 12.4. The molecule has 1 heterocycles. The van der Waals surface area contributed by atoms with Crippen molar-refractivity contribution in [2.75, 3.05) is 5.32 Å². The maximum atomic E-state index is 12.5. The summed E-state index contributed by atoms with van der Waals surface area (Å²) in [6, 6.07) is 7.22. The lowest BCUT2D eigenvalue weighted by Gasteiger charge is -2.10. The minimum Gasteiger partial charge on any atom is -0.322 e. The molecule has 0 fully saturated rings. The van der Waals surface area contributed by atoms with Gasteiger partial charge in [-0.2, -0.15) is 13.2 Å². The first-order valence-corrected chi connectivity index (χ1v) is 6.95. The summed E-state index contributed by atoms with van der Waals surface area (Å²) in [4.78, 5) is 28.7. The number of aryl methyl sites for hydroxylation is 1. The van der Waals surface area contributed by atoms with Crippen LogP contribution in [0.3, 0.4) is 0 Å². The maximum Gasteiger partial charge on any atom is 0.416 e. The fourth-order valence-electron chi connectivity index (χ4n) is 2.33. The molecule has 8 heteroatoms. The standard InChI is InChI=1S/C16H12F3N3O2/c1-8-6-12-13(22-15(24)21-12)7-11(8)20-14(23)9-2-4-10(5-3-9)16(17,18)19/h2-7H,1H3,(H,20,23)(H2,21,22,24). The fourth-order valence-corrected chi connectivity index (χ4v) is 2.33. The van der Waals surface area contributed by atoms with Gasteiger partial charge in [0.2, 0.25) is 0 Å². The van der Waals surface area contributed by atoms with Crippen molar-refractivity contribution in [3.8, 4) is 0 Å². The molecule has 3 N–H and O–H groups in total. The number of benzene rings is 2. The van der Waals surface area contributed by atoms with E-state index in [0.717, 1.165) is 24.3 Å². The van der Waals surface area contributed by atoms with Crippen LogP contribution in [0.5, 0.6) is 0 Å². The Hall–Kier alpha value is -3.03. The predicted molar refractivity (Wildman–Crippen MR) is 83.1 cm³/mol. The number of hydrogen-bond donors (Lipinski definition) is 3. The van der Waals surface area contributed by atoms with Crippen LogP contribution in [0.1, 0.15) is 21.5 Å². The van der Waals surface area contributed by atoms with E-state index in [1.807, 2.05) is 0 Å². The van der Waals surface area contributed by atoms with E-state index in [-0.39, 0.29) is 11.3 Å². The van der Waals surface area contributed by atoms with Crippen LogP contribution in [0, 0.1) is 6.92 Å². The lowest BCUT2D eigenvalue weighted by atomic mass is 10.1. The van der Waals surface area contributed by atoms with Gasteiger partial charge in [-0.3, -0.25) is 4.79 Å². The van der Waals surface area contributed by atoms with Crippen LogP contribution in [0.25, 0.3) is 11.0 Å². The first-order valence-electron chi connectivity index (χ1n) is 6.95. The number of H-pyrrole nitrogens is 2. The molecule has 0 unspecified atom stereocenters. The van der Waals surface area contributed by atoms with E-state index < -0.39 is 17.6 Å². The molecule has 3 aromatic rings. The van der Waals surface area contributed by atoms with Gasteiger partial charge in [0.05, 0.1) is 16.6 Å². The number of alkyl halides is 3. The Morgan fingerprint density at radius 2 is 1.62 bits per heavy atom. The lowest BCUT2D eigenvalue weighted by molar-refractivity contribution is -0.137. The molecule has 1 amide bonds. The second-order valence-corrected chi connectivity index (χ2v) is 5.32. The second kappa shape index (κ2) is 5.55. The van der Waals surface area contributed by atoms with Gasteiger partial charge in [0.25, 0.3) is 5.91 Å². The highest BCUT2D eigenvalue weighted by Crippen LogP contribution is 2.29. The topological polar surface area (TPSA) is 77.8 Å². The van der Waals surface area contributed by atoms with Crippen LogP contribution in [0.15, 0.2) is 41.2 Å². The van der Waals surface area contributed by atoms with Crippen molar-refractivity contribution in [2.24, 2.45) is 0 Å². The molecule has 0 aliphatic rings. The molecule has 2 aromatic carbocycles. The largest absolute Gasteiger partial charge is 0.416 e. The van der Waals surface area contributed by atoms with Crippen molar-refractivity contribution >= 4 is 22.6 Å². The zero-order valence-electron chi connectivity index (χ0n) is 12.4. The van der Waals surface area contributed by atoms with Gasteiger partial charge in [-0.05, 0) is 48.9 Å². The number of fused-ring (bicyclic) bond motifs is 1. The quantitative estimate of drug-likeness (QED) is 0.671. The number of hydrogen-bond acceptors (Lipinski definition) is 2. The molecule has 24 heavy (non-hydrogen) atoms. The van der Waals surface area contributed by atoms with E-state index in [4.69, 9.17) is 0 Å². The number of amides is 1. The molecule has 3 rings (SSSR count). The number of aromatic nitrogens is 2. The number of aromatic amines is 2. The van der Waals surface area contributed by atoms with E-state index in [9.17, 15) is 22.8 Å². The first-order chi connectivity index (χ1) is 11.2. The van der Waals surface area contributed by atoms with Crippen molar-refractivity contribution in [3.05, 3.63) is 63.6 Å². The smallest absolute Gasteiger partial charge is 0.322 e.